The summed E-state index contributed by atoms with van der Waals surface area (Å²) >= 11 is 0. The number of amides is 2. The highest BCUT2D eigenvalue weighted by atomic mass is 16.5. The Bertz CT molecular complexity index is 292. The third-order valence-electron chi connectivity index (χ3n) is 2.86. The van der Waals surface area contributed by atoms with Gasteiger partial charge in [0.1, 0.15) is 6.54 Å². The molecule has 6 nitrogen and oxygen atoms in total. The van der Waals surface area contributed by atoms with Crippen molar-refractivity contribution in [1.82, 2.24) is 9.80 Å². The van der Waals surface area contributed by atoms with Crippen LogP contribution in [-0.2, 0) is 9.53 Å². The van der Waals surface area contributed by atoms with Gasteiger partial charge in [0.15, 0.2) is 0 Å². The highest BCUT2D eigenvalue weighted by molar-refractivity contribution is 5.80. The lowest BCUT2D eigenvalue weighted by atomic mass is 10.4. The summed E-state index contributed by atoms with van der Waals surface area (Å²) in [5.74, 6) is -0.994. The van der Waals surface area contributed by atoms with Gasteiger partial charge in [-0.2, -0.15) is 0 Å². The average molecular weight is 258 g/mol. The van der Waals surface area contributed by atoms with Crippen LogP contribution in [0.5, 0.6) is 0 Å². The number of hydrogen-bond acceptors (Lipinski definition) is 3. The first-order chi connectivity index (χ1) is 8.60. The number of carbonyl (C=O) groups is 2. The molecule has 1 aliphatic rings. The number of rotatable bonds is 8. The number of carboxylic acids is 1. The number of carboxylic acid groups (broad SMARTS) is 1. The molecular formula is C12H22N2O4. The number of nitrogens with zero attached hydrogens (tertiary/aromatic N) is 2. The van der Waals surface area contributed by atoms with E-state index in [9.17, 15) is 9.59 Å². The first-order valence-electron chi connectivity index (χ1n) is 6.36. The van der Waals surface area contributed by atoms with Crippen molar-refractivity contribution >= 4 is 12.0 Å². The minimum atomic E-state index is -0.994. The Labute approximate surface area is 107 Å². The zero-order valence-corrected chi connectivity index (χ0v) is 11.1. The fraction of sp³-hybridized carbons (Fsp3) is 0.833. The van der Waals surface area contributed by atoms with E-state index in [1.807, 2.05) is 6.92 Å². The Balaban J connectivity index is 2.61. The Kier molecular flexibility index (Phi) is 5.91. The summed E-state index contributed by atoms with van der Waals surface area (Å²) in [7, 11) is 1.54. The van der Waals surface area contributed by atoms with E-state index in [1.165, 1.54) is 12.0 Å². The quantitative estimate of drug-likeness (QED) is 0.705. The van der Waals surface area contributed by atoms with E-state index in [0.717, 1.165) is 19.3 Å². The standard InChI is InChI=1S/C12H22N2O4/c1-3-6-14(10-4-5-10)12(17)13(7-8-18-2)9-11(15)16/h10H,3-9H2,1-2H3,(H,15,16). The van der Waals surface area contributed by atoms with Gasteiger partial charge in [-0.15, -0.1) is 0 Å². The Morgan fingerprint density at radius 2 is 2.00 bits per heavy atom. The fourth-order valence-electron chi connectivity index (χ4n) is 1.85. The maximum absolute atomic E-state index is 12.3. The van der Waals surface area contributed by atoms with Crippen LogP contribution in [0.3, 0.4) is 0 Å². The summed E-state index contributed by atoms with van der Waals surface area (Å²) in [6.45, 7) is 3.10. The van der Waals surface area contributed by atoms with Gasteiger partial charge in [-0.3, -0.25) is 4.79 Å². The van der Waals surface area contributed by atoms with Gasteiger partial charge in [0.2, 0.25) is 0 Å². The molecule has 1 N–H and O–H groups in total. The normalized spacial score (nSPS) is 14.3. The van der Waals surface area contributed by atoms with Crippen LogP contribution in [0.4, 0.5) is 4.79 Å². The van der Waals surface area contributed by atoms with Gasteiger partial charge in [0.25, 0.3) is 0 Å². The van der Waals surface area contributed by atoms with Crippen LogP contribution in [-0.4, -0.2) is 66.3 Å². The number of methoxy groups -OCH3 is 1. The van der Waals surface area contributed by atoms with Crippen molar-refractivity contribution in [3.63, 3.8) is 0 Å². The van der Waals surface area contributed by atoms with E-state index >= 15 is 0 Å². The SMILES string of the molecule is CCCN(C(=O)N(CCOC)CC(=O)O)C1CC1. The number of carbonyl (C=O) groups excluding carboxylic acids is 1. The van der Waals surface area contributed by atoms with Gasteiger partial charge >= 0.3 is 12.0 Å². The number of hydrogen-bond donors (Lipinski definition) is 1. The molecule has 0 heterocycles. The van der Waals surface area contributed by atoms with E-state index in [0.29, 0.717) is 25.7 Å². The molecule has 6 heteroatoms. The van der Waals surface area contributed by atoms with E-state index < -0.39 is 5.97 Å². The van der Waals surface area contributed by atoms with Crippen LogP contribution in [0, 0.1) is 0 Å². The Morgan fingerprint density at radius 1 is 1.33 bits per heavy atom. The van der Waals surface area contributed by atoms with Gasteiger partial charge in [-0.05, 0) is 19.3 Å². The molecule has 1 aliphatic carbocycles. The first kappa shape index (κ1) is 14.8. The largest absolute Gasteiger partial charge is 0.480 e. The molecule has 1 rings (SSSR count). The van der Waals surface area contributed by atoms with Gasteiger partial charge < -0.3 is 19.6 Å². The van der Waals surface area contributed by atoms with Crippen molar-refractivity contribution in [2.45, 2.75) is 32.2 Å². The van der Waals surface area contributed by atoms with Gasteiger partial charge in [0, 0.05) is 26.2 Å². The van der Waals surface area contributed by atoms with Gasteiger partial charge in [-0.25, -0.2) is 4.79 Å². The molecule has 0 aliphatic heterocycles. The highest BCUT2D eigenvalue weighted by Gasteiger charge is 2.34. The zero-order chi connectivity index (χ0) is 13.5. The second-order valence-corrected chi connectivity index (χ2v) is 4.52. The molecular weight excluding hydrogens is 236 g/mol. The lowest BCUT2D eigenvalue weighted by Gasteiger charge is -2.29. The Hall–Kier alpha value is -1.30. The van der Waals surface area contributed by atoms with Crippen molar-refractivity contribution < 1.29 is 19.4 Å². The van der Waals surface area contributed by atoms with Gasteiger partial charge in [-0.1, -0.05) is 6.92 Å². The van der Waals surface area contributed by atoms with Crippen LogP contribution in [0.2, 0.25) is 0 Å². The van der Waals surface area contributed by atoms with Crippen molar-refractivity contribution in [2.75, 3.05) is 33.4 Å². The van der Waals surface area contributed by atoms with Crippen molar-refractivity contribution in [1.29, 1.82) is 0 Å². The topological polar surface area (TPSA) is 70.1 Å². The van der Waals surface area contributed by atoms with E-state index in [2.05, 4.69) is 0 Å². The third kappa shape index (κ3) is 4.52. The van der Waals surface area contributed by atoms with E-state index in [-0.39, 0.29) is 12.6 Å². The smallest absolute Gasteiger partial charge is 0.323 e. The summed E-state index contributed by atoms with van der Waals surface area (Å²) in [6, 6.07) is 0.120. The molecule has 0 atom stereocenters. The second-order valence-electron chi connectivity index (χ2n) is 4.52. The van der Waals surface area contributed by atoms with Crippen LogP contribution in [0.25, 0.3) is 0 Å². The maximum Gasteiger partial charge on any atom is 0.323 e. The Morgan fingerprint density at radius 3 is 2.44 bits per heavy atom. The molecule has 0 radical (unpaired) electrons. The second kappa shape index (κ2) is 7.20. The molecule has 0 unspecified atom stereocenters. The minimum Gasteiger partial charge on any atom is -0.480 e. The van der Waals surface area contributed by atoms with E-state index in [4.69, 9.17) is 9.84 Å². The molecule has 18 heavy (non-hydrogen) atoms. The maximum atomic E-state index is 12.3. The molecule has 2 amide bonds. The molecule has 0 bridgehead atoms. The average Bonchev–Trinajstić information content (AvgIpc) is 3.14. The van der Waals surface area contributed by atoms with Crippen LogP contribution in [0.1, 0.15) is 26.2 Å². The predicted octanol–water partition coefficient (Wildman–Crippen LogP) is 1.01. The molecule has 1 fully saturated rings. The minimum absolute atomic E-state index is 0.182. The monoisotopic (exact) mass is 258 g/mol. The van der Waals surface area contributed by atoms with E-state index in [1.54, 1.807) is 4.90 Å². The molecule has 104 valence electrons. The molecule has 0 spiro atoms. The fourth-order valence-corrected chi connectivity index (χ4v) is 1.85. The summed E-state index contributed by atoms with van der Waals surface area (Å²) in [4.78, 5) is 26.2. The van der Waals surface area contributed by atoms with Crippen LogP contribution in [0.15, 0.2) is 0 Å². The molecule has 0 saturated heterocycles. The van der Waals surface area contributed by atoms with Crippen LogP contribution < -0.4 is 0 Å². The molecule has 0 aromatic carbocycles. The van der Waals surface area contributed by atoms with Gasteiger partial charge in [0.05, 0.1) is 6.61 Å². The predicted molar refractivity (Wildman–Crippen MR) is 66.5 cm³/mol. The van der Waals surface area contributed by atoms with Crippen molar-refractivity contribution in [3.8, 4) is 0 Å². The first-order valence-corrected chi connectivity index (χ1v) is 6.36. The molecule has 1 saturated carbocycles. The lowest BCUT2D eigenvalue weighted by Crippen LogP contribution is -2.47. The highest BCUT2D eigenvalue weighted by Crippen LogP contribution is 2.27. The lowest BCUT2D eigenvalue weighted by molar-refractivity contribution is -0.137. The summed E-state index contributed by atoms with van der Waals surface area (Å²) in [5.41, 5.74) is 0. The number of ether oxygens (including phenoxy) is 1. The van der Waals surface area contributed by atoms with Crippen molar-refractivity contribution in [2.24, 2.45) is 0 Å². The molecule has 0 aromatic heterocycles. The van der Waals surface area contributed by atoms with Crippen molar-refractivity contribution in [3.05, 3.63) is 0 Å². The number of aliphatic carboxylic acids is 1. The number of urea groups is 1. The molecule has 0 aromatic rings. The summed E-state index contributed by atoms with van der Waals surface area (Å²) in [5, 5.41) is 8.84. The third-order valence-corrected chi connectivity index (χ3v) is 2.86. The van der Waals surface area contributed by atoms with Crippen LogP contribution >= 0.6 is 0 Å². The summed E-state index contributed by atoms with van der Waals surface area (Å²) < 4.78 is 4.91. The summed E-state index contributed by atoms with van der Waals surface area (Å²) in [6.07, 6.45) is 2.93. The zero-order valence-electron chi connectivity index (χ0n) is 11.1.